The van der Waals surface area contributed by atoms with Gasteiger partial charge in [0.15, 0.2) is 0 Å². The van der Waals surface area contributed by atoms with Gasteiger partial charge >= 0.3 is 0 Å². The molecule has 1 fully saturated rings. The maximum absolute atomic E-state index is 11.9. The van der Waals surface area contributed by atoms with Crippen molar-refractivity contribution in [2.45, 2.75) is 6.42 Å². The monoisotopic (exact) mass is 222 g/mol. The molecule has 2 heterocycles. The van der Waals surface area contributed by atoms with E-state index in [1.807, 2.05) is 0 Å². The van der Waals surface area contributed by atoms with Gasteiger partial charge in [0.25, 0.3) is 5.91 Å². The molecule has 0 aromatic carbocycles. The van der Waals surface area contributed by atoms with E-state index in [0.717, 1.165) is 6.42 Å². The largest absolute Gasteiger partial charge is 0.396 e. The number of nitrogen functional groups attached to an aromatic ring is 1. The van der Waals surface area contributed by atoms with Crippen molar-refractivity contribution in [2.75, 3.05) is 25.4 Å². The lowest BCUT2D eigenvalue weighted by Crippen LogP contribution is -2.30. The predicted octanol–water partition coefficient (Wildman–Crippen LogP) is -0.487. The summed E-state index contributed by atoms with van der Waals surface area (Å²) in [5, 5.41) is 8.99. The summed E-state index contributed by atoms with van der Waals surface area (Å²) in [5.41, 5.74) is 5.69. The van der Waals surface area contributed by atoms with Crippen LogP contribution in [0.2, 0.25) is 0 Å². The summed E-state index contributed by atoms with van der Waals surface area (Å²) in [4.78, 5) is 21.4. The maximum atomic E-state index is 11.9. The molecule has 86 valence electrons. The molecule has 1 aliphatic rings. The third-order valence-corrected chi connectivity index (χ3v) is 2.72. The van der Waals surface area contributed by atoms with Crippen molar-refractivity contribution in [2.24, 2.45) is 5.92 Å². The molecule has 2 rings (SSSR count). The Morgan fingerprint density at radius 2 is 2.38 bits per heavy atom. The van der Waals surface area contributed by atoms with Crippen LogP contribution in [-0.4, -0.2) is 45.6 Å². The van der Waals surface area contributed by atoms with Crippen molar-refractivity contribution < 1.29 is 9.90 Å². The zero-order chi connectivity index (χ0) is 11.5. The van der Waals surface area contributed by atoms with Crippen LogP contribution in [0.4, 0.5) is 5.82 Å². The first-order valence-corrected chi connectivity index (χ1v) is 5.18. The summed E-state index contributed by atoms with van der Waals surface area (Å²) < 4.78 is 0. The minimum Gasteiger partial charge on any atom is -0.396 e. The van der Waals surface area contributed by atoms with Crippen LogP contribution >= 0.6 is 0 Å². The summed E-state index contributed by atoms with van der Waals surface area (Å²) in [5.74, 6) is 0.334. The quantitative estimate of drug-likeness (QED) is 0.704. The Morgan fingerprint density at radius 3 is 2.94 bits per heavy atom. The maximum Gasteiger partial charge on any atom is 0.274 e. The third kappa shape index (κ3) is 2.11. The van der Waals surface area contributed by atoms with Gasteiger partial charge in [0, 0.05) is 25.6 Å². The first-order valence-electron chi connectivity index (χ1n) is 5.18. The molecule has 1 unspecified atom stereocenters. The minimum atomic E-state index is -0.150. The number of rotatable bonds is 2. The number of aliphatic hydroxyl groups excluding tert-OH is 1. The molecule has 1 atom stereocenters. The second kappa shape index (κ2) is 4.44. The van der Waals surface area contributed by atoms with Crippen molar-refractivity contribution in [3.63, 3.8) is 0 Å². The van der Waals surface area contributed by atoms with Gasteiger partial charge in [0.2, 0.25) is 0 Å². The standard InChI is InChI=1S/C10H14N4O2/c11-9-4-12-8(3-13-9)10(16)14-2-1-7(5-14)6-15/h3-4,7,15H,1-2,5-6H2,(H2,11,13). The Labute approximate surface area is 93.1 Å². The van der Waals surface area contributed by atoms with Crippen LogP contribution < -0.4 is 5.73 Å². The zero-order valence-electron chi connectivity index (χ0n) is 8.83. The van der Waals surface area contributed by atoms with E-state index in [-0.39, 0.29) is 18.4 Å². The van der Waals surface area contributed by atoms with Crippen LogP contribution in [0.15, 0.2) is 12.4 Å². The van der Waals surface area contributed by atoms with Crippen molar-refractivity contribution in [1.82, 2.24) is 14.9 Å². The van der Waals surface area contributed by atoms with Gasteiger partial charge in [-0.15, -0.1) is 0 Å². The Hall–Kier alpha value is -1.69. The van der Waals surface area contributed by atoms with E-state index in [4.69, 9.17) is 10.8 Å². The third-order valence-electron chi connectivity index (χ3n) is 2.72. The van der Waals surface area contributed by atoms with E-state index in [1.54, 1.807) is 4.90 Å². The summed E-state index contributed by atoms with van der Waals surface area (Å²) in [6.07, 6.45) is 3.58. The highest BCUT2D eigenvalue weighted by Gasteiger charge is 2.27. The van der Waals surface area contributed by atoms with Crippen LogP contribution in [-0.2, 0) is 0 Å². The highest BCUT2D eigenvalue weighted by atomic mass is 16.3. The molecule has 6 heteroatoms. The molecule has 0 radical (unpaired) electrons. The molecule has 1 aromatic rings. The number of likely N-dealkylation sites (tertiary alicyclic amines) is 1. The highest BCUT2D eigenvalue weighted by molar-refractivity contribution is 5.92. The zero-order valence-corrected chi connectivity index (χ0v) is 8.83. The molecule has 0 aliphatic carbocycles. The van der Waals surface area contributed by atoms with Crippen molar-refractivity contribution in [3.05, 3.63) is 18.1 Å². The number of hydrogen-bond acceptors (Lipinski definition) is 5. The summed E-state index contributed by atoms with van der Waals surface area (Å²) in [6.45, 7) is 1.37. The molecular formula is C10H14N4O2. The number of anilines is 1. The Morgan fingerprint density at radius 1 is 1.56 bits per heavy atom. The van der Waals surface area contributed by atoms with E-state index >= 15 is 0 Å². The number of aromatic nitrogens is 2. The first kappa shape index (κ1) is 10.8. The van der Waals surface area contributed by atoms with Crippen LogP contribution in [0.25, 0.3) is 0 Å². The normalized spacial score (nSPS) is 20.1. The number of hydrogen-bond donors (Lipinski definition) is 2. The number of carbonyl (C=O) groups excluding carboxylic acids is 1. The summed E-state index contributed by atoms with van der Waals surface area (Å²) in [7, 11) is 0. The molecule has 0 saturated carbocycles. The number of aliphatic hydroxyl groups is 1. The molecular weight excluding hydrogens is 208 g/mol. The van der Waals surface area contributed by atoms with Crippen LogP contribution in [0.5, 0.6) is 0 Å². The van der Waals surface area contributed by atoms with Gasteiger partial charge in [0.1, 0.15) is 11.5 Å². The molecule has 6 nitrogen and oxygen atoms in total. The molecule has 1 aliphatic heterocycles. The van der Waals surface area contributed by atoms with E-state index in [1.165, 1.54) is 12.4 Å². The fourth-order valence-electron chi connectivity index (χ4n) is 1.78. The first-order chi connectivity index (χ1) is 7.70. The fraction of sp³-hybridized carbons (Fsp3) is 0.500. The highest BCUT2D eigenvalue weighted by Crippen LogP contribution is 2.17. The second-order valence-electron chi connectivity index (χ2n) is 3.91. The van der Waals surface area contributed by atoms with Crippen molar-refractivity contribution >= 4 is 11.7 Å². The molecule has 0 bridgehead atoms. The Balaban J connectivity index is 2.05. The smallest absolute Gasteiger partial charge is 0.274 e. The number of carbonyl (C=O) groups is 1. The van der Waals surface area contributed by atoms with Gasteiger partial charge in [0.05, 0.1) is 12.4 Å². The topological polar surface area (TPSA) is 92.3 Å². The molecule has 3 N–H and O–H groups in total. The van der Waals surface area contributed by atoms with Gasteiger partial charge in [-0.25, -0.2) is 9.97 Å². The average molecular weight is 222 g/mol. The number of amides is 1. The lowest BCUT2D eigenvalue weighted by atomic mass is 10.1. The van der Waals surface area contributed by atoms with E-state index < -0.39 is 0 Å². The summed E-state index contributed by atoms with van der Waals surface area (Å²) in [6, 6.07) is 0. The SMILES string of the molecule is Nc1cnc(C(=O)N2CCC(CO)C2)cn1. The average Bonchev–Trinajstić information content (AvgIpc) is 2.77. The number of nitrogens with zero attached hydrogens (tertiary/aromatic N) is 3. The van der Waals surface area contributed by atoms with Gasteiger partial charge < -0.3 is 15.7 Å². The molecule has 1 aromatic heterocycles. The molecule has 0 spiro atoms. The number of nitrogens with two attached hydrogens (primary N) is 1. The Bertz CT molecular complexity index is 379. The lowest BCUT2D eigenvalue weighted by molar-refractivity contribution is 0.0775. The van der Waals surface area contributed by atoms with Gasteiger partial charge in [-0.1, -0.05) is 0 Å². The fourth-order valence-corrected chi connectivity index (χ4v) is 1.78. The van der Waals surface area contributed by atoms with Gasteiger partial charge in [-0.05, 0) is 6.42 Å². The van der Waals surface area contributed by atoms with Crippen LogP contribution in [0.3, 0.4) is 0 Å². The van der Waals surface area contributed by atoms with Crippen molar-refractivity contribution in [3.8, 4) is 0 Å². The molecule has 16 heavy (non-hydrogen) atoms. The predicted molar refractivity (Wildman–Crippen MR) is 57.5 cm³/mol. The van der Waals surface area contributed by atoms with E-state index in [0.29, 0.717) is 24.6 Å². The summed E-state index contributed by atoms with van der Waals surface area (Å²) >= 11 is 0. The van der Waals surface area contributed by atoms with Crippen molar-refractivity contribution in [1.29, 1.82) is 0 Å². The molecule has 1 amide bonds. The molecule has 1 saturated heterocycles. The lowest BCUT2D eigenvalue weighted by Gasteiger charge is -2.15. The van der Waals surface area contributed by atoms with E-state index in [2.05, 4.69) is 9.97 Å². The minimum absolute atomic E-state index is 0.122. The van der Waals surface area contributed by atoms with Gasteiger partial charge in [-0.3, -0.25) is 4.79 Å². The Kier molecular flexibility index (Phi) is 3.00. The second-order valence-corrected chi connectivity index (χ2v) is 3.91. The van der Waals surface area contributed by atoms with Crippen LogP contribution in [0.1, 0.15) is 16.9 Å². The van der Waals surface area contributed by atoms with Crippen LogP contribution in [0, 0.1) is 5.92 Å². The van der Waals surface area contributed by atoms with Gasteiger partial charge in [-0.2, -0.15) is 0 Å². The van der Waals surface area contributed by atoms with E-state index in [9.17, 15) is 4.79 Å².